The molecule has 0 aliphatic carbocycles. The number of likely N-dealkylation sites (tertiary alicyclic amines) is 1. The molecule has 1 saturated heterocycles. The predicted molar refractivity (Wildman–Crippen MR) is 94.9 cm³/mol. The summed E-state index contributed by atoms with van der Waals surface area (Å²) in [5.74, 6) is 0.320. The quantitative estimate of drug-likeness (QED) is 0.766. The highest BCUT2D eigenvalue weighted by atomic mass is 32.2. The van der Waals surface area contributed by atoms with Gasteiger partial charge >= 0.3 is 6.03 Å². The Morgan fingerprint density at radius 3 is 2.60 bits per heavy atom. The smallest absolute Gasteiger partial charge is 0.317 e. The van der Waals surface area contributed by atoms with Crippen LogP contribution in [0.3, 0.4) is 0 Å². The summed E-state index contributed by atoms with van der Waals surface area (Å²) in [6, 6.07) is 13.2. The van der Waals surface area contributed by atoms with Crippen molar-refractivity contribution >= 4 is 15.9 Å². The van der Waals surface area contributed by atoms with Crippen LogP contribution in [0.5, 0.6) is 0 Å². The molecule has 0 radical (unpaired) electrons. The number of nitrogens with one attached hydrogen (secondary N) is 1. The van der Waals surface area contributed by atoms with Gasteiger partial charge in [0.15, 0.2) is 9.84 Å². The van der Waals surface area contributed by atoms with Gasteiger partial charge in [0, 0.05) is 19.6 Å². The van der Waals surface area contributed by atoms with Crippen LogP contribution in [0.4, 0.5) is 4.79 Å². The van der Waals surface area contributed by atoms with E-state index in [0.717, 1.165) is 12.8 Å². The fraction of sp³-hybridized carbons (Fsp3) is 0.389. The third-order valence-corrected chi connectivity index (χ3v) is 6.33. The van der Waals surface area contributed by atoms with Crippen molar-refractivity contribution in [1.29, 1.82) is 0 Å². The van der Waals surface area contributed by atoms with E-state index in [2.05, 4.69) is 17.4 Å². The van der Waals surface area contributed by atoms with E-state index < -0.39 is 15.1 Å². The molecule has 0 bridgehead atoms. The van der Waals surface area contributed by atoms with Gasteiger partial charge in [0.1, 0.15) is 11.5 Å². The van der Waals surface area contributed by atoms with E-state index in [4.69, 9.17) is 4.42 Å². The number of benzene rings is 1. The number of amides is 2. The van der Waals surface area contributed by atoms with Crippen LogP contribution in [0.1, 0.15) is 17.7 Å². The molecule has 1 N–H and O–H groups in total. The molecule has 1 aliphatic rings. The largest absolute Gasteiger partial charge is 0.468 e. The number of nitrogens with zero attached hydrogens (tertiary/aromatic N) is 1. The maximum atomic E-state index is 12.2. The van der Waals surface area contributed by atoms with E-state index in [1.165, 1.54) is 16.7 Å². The molecule has 0 unspecified atom stereocenters. The van der Waals surface area contributed by atoms with Crippen LogP contribution in [0, 0.1) is 0 Å². The van der Waals surface area contributed by atoms with Gasteiger partial charge in [-0.1, -0.05) is 30.3 Å². The Hall–Kier alpha value is -2.28. The second kappa shape index (κ2) is 7.74. The fourth-order valence-corrected chi connectivity index (χ4v) is 4.40. The molecular weight excluding hydrogens is 340 g/mol. The van der Waals surface area contributed by atoms with Gasteiger partial charge in [-0.3, -0.25) is 0 Å². The number of rotatable bonds is 7. The number of hydrogen-bond acceptors (Lipinski definition) is 4. The highest BCUT2D eigenvalue weighted by molar-refractivity contribution is 7.91. The molecule has 25 heavy (non-hydrogen) atoms. The standard InChI is InChI=1S/C18H22N2O4S/c21-18(19-10-4-8-15-6-2-1-3-7-15)20-12-17(13-20)25(22,23)14-16-9-5-11-24-16/h1-3,5-7,9,11,17H,4,8,10,12-14H2,(H,19,21). The summed E-state index contributed by atoms with van der Waals surface area (Å²) in [5.41, 5.74) is 1.24. The van der Waals surface area contributed by atoms with Crippen molar-refractivity contribution < 1.29 is 17.6 Å². The molecule has 0 spiro atoms. The van der Waals surface area contributed by atoms with E-state index >= 15 is 0 Å². The summed E-state index contributed by atoms with van der Waals surface area (Å²) in [5, 5.41) is 2.34. The minimum atomic E-state index is -3.29. The molecule has 0 saturated carbocycles. The number of furan rings is 1. The summed E-state index contributed by atoms with van der Waals surface area (Å²) in [6.45, 7) is 1.06. The van der Waals surface area contributed by atoms with Gasteiger partial charge in [0.05, 0.1) is 11.5 Å². The average Bonchev–Trinajstić information content (AvgIpc) is 3.03. The first kappa shape index (κ1) is 17.5. The first-order valence-electron chi connectivity index (χ1n) is 8.35. The lowest BCUT2D eigenvalue weighted by atomic mass is 10.1. The number of hydrogen-bond donors (Lipinski definition) is 1. The summed E-state index contributed by atoms with van der Waals surface area (Å²) in [7, 11) is -3.29. The molecule has 1 aromatic carbocycles. The first-order chi connectivity index (χ1) is 12.0. The van der Waals surface area contributed by atoms with Crippen molar-refractivity contribution in [2.45, 2.75) is 23.8 Å². The molecule has 3 rings (SSSR count). The van der Waals surface area contributed by atoms with Crippen LogP contribution in [0.2, 0.25) is 0 Å². The van der Waals surface area contributed by atoms with Crippen LogP contribution in [-0.4, -0.2) is 44.2 Å². The third kappa shape index (κ3) is 4.63. The lowest BCUT2D eigenvalue weighted by molar-refractivity contribution is 0.169. The highest BCUT2D eigenvalue weighted by Crippen LogP contribution is 2.20. The first-order valence-corrected chi connectivity index (χ1v) is 10.1. The van der Waals surface area contributed by atoms with Crippen molar-refractivity contribution in [2.24, 2.45) is 0 Å². The molecule has 1 fully saturated rings. The van der Waals surface area contributed by atoms with Gasteiger partial charge in [0.2, 0.25) is 0 Å². The molecular formula is C18H22N2O4S. The number of carbonyl (C=O) groups is 1. The number of sulfone groups is 1. The molecule has 7 heteroatoms. The van der Waals surface area contributed by atoms with Crippen LogP contribution in [0.15, 0.2) is 53.1 Å². The Morgan fingerprint density at radius 1 is 1.16 bits per heavy atom. The molecule has 0 atom stereocenters. The van der Waals surface area contributed by atoms with Crippen molar-refractivity contribution in [2.75, 3.05) is 19.6 Å². The summed E-state index contributed by atoms with van der Waals surface area (Å²) >= 11 is 0. The van der Waals surface area contributed by atoms with Gasteiger partial charge in [-0.15, -0.1) is 0 Å². The molecule has 134 valence electrons. The van der Waals surface area contributed by atoms with Crippen LogP contribution >= 0.6 is 0 Å². The Bertz CT molecular complexity index is 782. The van der Waals surface area contributed by atoms with Gasteiger partial charge in [-0.25, -0.2) is 13.2 Å². The zero-order valence-corrected chi connectivity index (χ0v) is 14.7. The minimum absolute atomic E-state index is 0.114. The molecule has 2 amide bonds. The zero-order chi connectivity index (χ0) is 17.7. The van der Waals surface area contributed by atoms with Crippen LogP contribution in [-0.2, 0) is 22.0 Å². The Morgan fingerprint density at radius 2 is 1.92 bits per heavy atom. The lowest BCUT2D eigenvalue weighted by Crippen LogP contribution is -2.59. The van der Waals surface area contributed by atoms with Gasteiger partial charge < -0.3 is 14.6 Å². The average molecular weight is 362 g/mol. The molecule has 1 aromatic heterocycles. The second-order valence-electron chi connectivity index (χ2n) is 6.23. The zero-order valence-electron chi connectivity index (χ0n) is 13.9. The molecule has 1 aliphatic heterocycles. The van der Waals surface area contributed by atoms with Crippen molar-refractivity contribution in [3.05, 3.63) is 60.1 Å². The monoisotopic (exact) mass is 362 g/mol. The topological polar surface area (TPSA) is 79.6 Å². The Balaban J connectivity index is 1.36. The maximum Gasteiger partial charge on any atom is 0.317 e. The molecule has 2 aromatic rings. The van der Waals surface area contributed by atoms with Gasteiger partial charge in [-0.2, -0.15) is 0 Å². The molecule has 2 heterocycles. The summed E-state index contributed by atoms with van der Waals surface area (Å²) in [4.78, 5) is 13.6. The highest BCUT2D eigenvalue weighted by Gasteiger charge is 2.39. The van der Waals surface area contributed by atoms with Crippen LogP contribution < -0.4 is 5.32 Å². The van der Waals surface area contributed by atoms with Gasteiger partial charge in [0.25, 0.3) is 0 Å². The van der Waals surface area contributed by atoms with Crippen molar-refractivity contribution in [3.8, 4) is 0 Å². The summed E-state index contributed by atoms with van der Waals surface area (Å²) in [6.07, 6.45) is 3.21. The van der Waals surface area contributed by atoms with E-state index in [-0.39, 0.29) is 24.9 Å². The number of carbonyl (C=O) groups excluding carboxylic acids is 1. The van der Waals surface area contributed by atoms with E-state index in [9.17, 15) is 13.2 Å². The fourth-order valence-electron chi connectivity index (χ4n) is 2.79. The Kier molecular flexibility index (Phi) is 5.43. The lowest BCUT2D eigenvalue weighted by Gasteiger charge is -2.38. The third-order valence-electron chi connectivity index (χ3n) is 4.33. The normalized spacial score (nSPS) is 15.0. The Labute approximate surface area is 147 Å². The van der Waals surface area contributed by atoms with Crippen molar-refractivity contribution in [1.82, 2.24) is 10.2 Å². The predicted octanol–water partition coefficient (Wildman–Crippen LogP) is 2.22. The number of aryl methyl sites for hydroxylation is 1. The van der Waals surface area contributed by atoms with E-state index in [0.29, 0.717) is 12.3 Å². The van der Waals surface area contributed by atoms with Crippen molar-refractivity contribution in [3.63, 3.8) is 0 Å². The SMILES string of the molecule is O=C(NCCCc1ccccc1)N1CC(S(=O)(=O)Cc2ccco2)C1. The van der Waals surface area contributed by atoms with E-state index in [1.807, 2.05) is 18.2 Å². The second-order valence-corrected chi connectivity index (χ2v) is 8.52. The van der Waals surface area contributed by atoms with E-state index in [1.54, 1.807) is 12.1 Å². The minimum Gasteiger partial charge on any atom is -0.468 e. The van der Waals surface area contributed by atoms with Gasteiger partial charge in [-0.05, 0) is 30.5 Å². The molecule has 6 nitrogen and oxygen atoms in total. The van der Waals surface area contributed by atoms with Crippen LogP contribution in [0.25, 0.3) is 0 Å². The summed E-state index contributed by atoms with van der Waals surface area (Å²) < 4.78 is 29.6. The maximum absolute atomic E-state index is 12.2. The number of urea groups is 1.